The first kappa shape index (κ1) is 17.0. The third-order valence-electron chi connectivity index (χ3n) is 0.863. The molecule has 0 bridgehead atoms. The van der Waals surface area contributed by atoms with E-state index < -0.39 is 5.69 Å². The molecule has 0 aliphatic heterocycles. The summed E-state index contributed by atoms with van der Waals surface area (Å²) in [5.41, 5.74) is -2.50. The molecule has 0 spiro atoms. The van der Waals surface area contributed by atoms with Gasteiger partial charge in [0.25, 0.3) is 0 Å². The van der Waals surface area contributed by atoms with Crippen molar-refractivity contribution in [1.82, 2.24) is 0 Å². The molecule has 0 aliphatic rings. The predicted molar refractivity (Wildman–Crippen MR) is 61.2 cm³/mol. The quantitative estimate of drug-likeness (QED) is 0.601. The van der Waals surface area contributed by atoms with Gasteiger partial charge in [-0.25, -0.2) is 0 Å². The summed E-state index contributed by atoms with van der Waals surface area (Å²) in [7, 11) is 0. The Hall–Kier alpha value is 2.56. The monoisotopic (exact) mass is 253 g/mol. The molecule has 0 saturated carbocycles. The molecule has 0 aromatic rings. The minimum atomic E-state index is -2.50. The van der Waals surface area contributed by atoms with Crippen molar-refractivity contribution in [1.29, 1.82) is 0 Å². The summed E-state index contributed by atoms with van der Waals surface area (Å²) in [6.07, 6.45) is 0. The van der Waals surface area contributed by atoms with Crippen LogP contribution in [0.25, 0.3) is 0 Å². The van der Waals surface area contributed by atoms with Crippen LogP contribution in [0.15, 0.2) is 0 Å². The van der Waals surface area contributed by atoms with Crippen LogP contribution in [0.4, 0.5) is 0 Å². The zero-order valence-corrected chi connectivity index (χ0v) is 13.8. The van der Waals surface area contributed by atoms with Gasteiger partial charge in [0.15, 0.2) is 0 Å². The molecule has 0 aromatic carbocycles. The van der Waals surface area contributed by atoms with Gasteiger partial charge in [-0.2, -0.15) is 0 Å². The molecule has 0 amide bonds. The van der Waals surface area contributed by atoms with E-state index in [0.717, 1.165) is 5.75 Å². The molecule has 0 aliphatic carbocycles. The van der Waals surface area contributed by atoms with Crippen molar-refractivity contribution in [2.24, 2.45) is 5.92 Å². The molecule has 1 radical (unpaired) electrons. The van der Waals surface area contributed by atoms with Crippen molar-refractivity contribution in [3.8, 4) is 0 Å². The van der Waals surface area contributed by atoms with Crippen molar-refractivity contribution in [2.45, 2.75) is 20.8 Å². The molecule has 0 aromatic heterocycles. The van der Waals surface area contributed by atoms with Crippen LogP contribution in [-0.4, -0.2) is 68.6 Å². The molecule has 2 nitrogen and oxygen atoms in total. The molecule has 0 saturated heterocycles. The molecule has 6 heteroatoms. The normalized spacial score (nSPS) is 15.4. The topological polar surface area (TPSA) is 29.5 Å². The number of hydrogen-bond donors (Lipinski definition) is 1. The van der Waals surface area contributed by atoms with Crippen LogP contribution in [0.3, 0.4) is 0 Å². The predicted octanol–water partition coefficient (Wildman–Crippen LogP) is 2.25. The second-order valence-electron chi connectivity index (χ2n) is 2.58. The molecule has 12 heavy (non-hydrogen) atoms. The molecule has 0 heterocycles. The summed E-state index contributed by atoms with van der Waals surface area (Å²) < 4.78 is 5.02. The van der Waals surface area contributed by atoms with E-state index in [1.807, 2.05) is 6.92 Å². The largest absolute Gasteiger partial charge is 0.337 e. The van der Waals surface area contributed by atoms with Gasteiger partial charge < -0.3 is 9.42 Å². The molecular weight excluding hydrogens is 238 g/mol. The maximum Gasteiger partial charge on any atom is 0.244 e. The van der Waals surface area contributed by atoms with E-state index in [2.05, 4.69) is 13.8 Å². The third kappa shape index (κ3) is 10.6. The van der Waals surface area contributed by atoms with Crippen LogP contribution in [-0.2, 0) is 16.3 Å². The summed E-state index contributed by atoms with van der Waals surface area (Å²) in [5, 5.41) is 0. The average molecular weight is 253 g/mol. The Morgan fingerprint density at radius 2 is 2.08 bits per heavy atom. The van der Waals surface area contributed by atoms with E-state index in [-0.39, 0.29) is 51.4 Å². The molecule has 1 unspecified atom stereocenters. The Labute approximate surface area is 127 Å². The summed E-state index contributed by atoms with van der Waals surface area (Å²) in [5.74, 6) is 1.42. The maximum atomic E-state index is 9.43. The molecular formula is C6H15KO2PS2. The Morgan fingerprint density at radius 3 is 2.42 bits per heavy atom. The van der Waals surface area contributed by atoms with Crippen molar-refractivity contribution < 1.29 is 9.42 Å². The van der Waals surface area contributed by atoms with Gasteiger partial charge in [0.05, 0.1) is 6.61 Å². The van der Waals surface area contributed by atoms with Gasteiger partial charge >= 0.3 is 0 Å². The van der Waals surface area contributed by atoms with Crippen molar-refractivity contribution in [3.05, 3.63) is 0 Å². The minimum absolute atomic E-state index is 0. The Bertz CT molecular complexity index is 154. The molecule has 1 N–H and O–H groups in total. The fourth-order valence-electron chi connectivity index (χ4n) is 0.444. The van der Waals surface area contributed by atoms with E-state index in [9.17, 15) is 4.89 Å². The second kappa shape index (κ2) is 8.83. The van der Waals surface area contributed by atoms with Crippen molar-refractivity contribution in [2.75, 3.05) is 12.4 Å². The van der Waals surface area contributed by atoms with Crippen LogP contribution in [0.2, 0.25) is 0 Å². The van der Waals surface area contributed by atoms with Crippen LogP contribution < -0.4 is 0 Å². The van der Waals surface area contributed by atoms with Gasteiger partial charge in [0.1, 0.15) is 0 Å². The average Bonchev–Trinajstić information content (AvgIpc) is 1.84. The first-order valence-electron chi connectivity index (χ1n) is 3.60. The minimum Gasteiger partial charge on any atom is -0.337 e. The zero-order chi connectivity index (χ0) is 8.91. The van der Waals surface area contributed by atoms with Crippen molar-refractivity contribution >= 4 is 80.3 Å². The molecule has 1 atom stereocenters. The van der Waals surface area contributed by atoms with Gasteiger partial charge in [-0.1, -0.05) is 25.2 Å². The van der Waals surface area contributed by atoms with E-state index >= 15 is 0 Å². The first-order valence-corrected chi connectivity index (χ1v) is 7.86. The van der Waals surface area contributed by atoms with Gasteiger partial charge in [-0.15, -0.1) is 0 Å². The van der Waals surface area contributed by atoms with E-state index in [1.165, 1.54) is 11.4 Å². The summed E-state index contributed by atoms with van der Waals surface area (Å²) >= 11 is 6.24. The Balaban J connectivity index is 0. The van der Waals surface area contributed by atoms with Crippen LogP contribution in [0.1, 0.15) is 20.8 Å². The zero-order valence-electron chi connectivity index (χ0n) is 8.11. The van der Waals surface area contributed by atoms with Crippen LogP contribution in [0, 0.1) is 5.92 Å². The fraction of sp³-hybridized carbons (Fsp3) is 1.00. The smallest absolute Gasteiger partial charge is 0.244 e. The Kier molecular flexibility index (Phi) is 12.5. The van der Waals surface area contributed by atoms with E-state index in [0.29, 0.717) is 12.5 Å². The van der Waals surface area contributed by atoms with Crippen LogP contribution in [0.5, 0.6) is 0 Å². The Morgan fingerprint density at radius 1 is 1.58 bits per heavy atom. The SMILES string of the molecule is CCOP(O)(=S)SCC(C)C.[K]. The standard InChI is InChI=1S/C6H15O2PS2.K/c1-4-8-9(7,10)11-5-6(2)3;/h6H,4-5H2,1-3H3,(H,7,10);. The molecule has 69 valence electrons. The van der Waals surface area contributed by atoms with Gasteiger partial charge in [-0.3, -0.25) is 0 Å². The second-order valence-corrected chi connectivity index (χ2v) is 8.80. The summed E-state index contributed by atoms with van der Waals surface area (Å²) in [6.45, 7) is 6.52. The first-order chi connectivity index (χ1) is 4.98. The van der Waals surface area contributed by atoms with E-state index in [4.69, 9.17) is 16.3 Å². The fourth-order valence-corrected chi connectivity index (χ4v) is 4.19. The van der Waals surface area contributed by atoms with Crippen LogP contribution >= 0.6 is 17.1 Å². The third-order valence-corrected chi connectivity index (χ3v) is 5.60. The van der Waals surface area contributed by atoms with Gasteiger partial charge in [-0.05, 0) is 24.6 Å². The van der Waals surface area contributed by atoms with Gasteiger partial charge in [0, 0.05) is 57.1 Å². The summed E-state index contributed by atoms with van der Waals surface area (Å²) in [4.78, 5) is 9.43. The number of rotatable bonds is 5. The summed E-state index contributed by atoms with van der Waals surface area (Å²) in [6, 6.07) is 0. The van der Waals surface area contributed by atoms with E-state index in [1.54, 1.807) is 0 Å². The number of hydrogen-bond acceptors (Lipinski definition) is 3. The van der Waals surface area contributed by atoms with Gasteiger partial charge in [0.2, 0.25) is 5.69 Å². The van der Waals surface area contributed by atoms with Crippen molar-refractivity contribution in [3.63, 3.8) is 0 Å². The molecule has 0 fully saturated rings. The molecule has 0 rings (SSSR count). The maximum absolute atomic E-state index is 9.43.